The molecule has 5 aromatic rings. The van der Waals surface area contributed by atoms with Crippen LogP contribution in [-0.4, -0.2) is 57.0 Å². The molecule has 3 aromatic carbocycles. The topological polar surface area (TPSA) is 155 Å². The fraction of sp³-hybridized carbons (Fsp3) is 0.167. The molecule has 44 heavy (non-hydrogen) atoms. The molecular weight excluding hydrogens is 601 g/mol. The number of benzene rings is 3. The number of hydrogen-bond donors (Lipinski definition) is 4. The third-order valence-corrected chi connectivity index (χ3v) is 7.32. The molecule has 2 aromatic heterocycles. The Morgan fingerprint density at radius 2 is 1.52 bits per heavy atom. The second-order valence-corrected chi connectivity index (χ2v) is 11.1. The molecule has 0 aliphatic heterocycles. The van der Waals surface area contributed by atoms with Gasteiger partial charge in [0.2, 0.25) is 5.95 Å². The number of hydrogen-bond acceptors (Lipinski definition) is 8. The highest BCUT2D eigenvalue weighted by Crippen LogP contribution is 2.31. The zero-order chi connectivity index (χ0) is 32.2. The van der Waals surface area contributed by atoms with Crippen LogP contribution in [0.1, 0.15) is 11.1 Å². The Hall–Kier alpha value is -4.63. The molecule has 14 heteroatoms. The van der Waals surface area contributed by atoms with Crippen LogP contribution in [0.2, 0.25) is 0 Å². The number of para-hydroxylation sites is 1. The Balaban J connectivity index is 0.000000339. The Bertz CT molecular complexity index is 1960. The Labute approximate surface area is 249 Å². The van der Waals surface area contributed by atoms with Crippen LogP contribution in [0.4, 0.5) is 19.1 Å². The van der Waals surface area contributed by atoms with Crippen LogP contribution < -0.4 is 10.9 Å². The third kappa shape index (κ3) is 7.11. The second-order valence-electron chi connectivity index (χ2n) is 9.66. The smallest absolute Gasteiger partial charge is 0.294 e. The van der Waals surface area contributed by atoms with E-state index >= 15 is 0 Å². The maximum absolute atomic E-state index is 14.6. The fourth-order valence-corrected chi connectivity index (χ4v) is 4.72. The van der Waals surface area contributed by atoms with Gasteiger partial charge in [0, 0.05) is 17.0 Å². The SMILES string of the molecule is Cc1cc(F)ccc1-c1nc(NC(CO)CO)nc2c1ccc(=O)n2-c1c(F)cccc1F.Cc1ccc(S(=O)(=O)O)cc1. The molecule has 0 spiro atoms. The van der Waals surface area contributed by atoms with Crippen molar-refractivity contribution in [2.24, 2.45) is 0 Å². The highest BCUT2D eigenvalue weighted by molar-refractivity contribution is 7.85. The van der Waals surface area contributed by atoms with Crippen LogP contribution in [0.25, 0.3) is 28.0 Å². The molecule has 0 bridgehead atoms. The van der Waals surface area contributed by atoms with E-state index in [0.717, 1.165) is 28.3 Å². The number of pyridine rings is 1. The number of aliphatic hydroxyl groups is 2. The van der Waals surface area contributed by atoms with E-state index in [2.05, 4.69) is 15.3 Å². The number of halogens is 3. The molecule has 0 amide bonds. The zero-order valence-corrected chi connectivity index (χ0v) is 24.2. The van der Waals surface area contributed by atoms with E-state index < -0.39 is 58.1 Å². The van der Waals surface area contributed by atoms with E-state index in [4.69, 9.17) is 4.55 Å². The molecule has 0 saturated heterocycles. The van der Waals surface area contributed by atoms with Crippen molar-refractivity contribution in [2.45, 2.75) is 24.8 Å². The van der Waals surface area contributed by atoms with E-state index in [0.29, 0.717) is 11.1 Å². The molecule has 0 aliphatic rings. The minimum Gasteiger partial charge on any atom is -0.394 e. The molecule has 0 fully saturated rings. The van der Waals surface area contributed by atoms with Gasteiger partial charge in [0.25, 0.3) is 15.7 Å². The molecule has 2 heterocycles. The van der Waals surface area contributed by atoms with Crippen molar-refractivity contribution in [3.05, 3.63) is 112 Å². The van der Waals surface area contributed by atoms with Crippen LogP contribution >= 0.6 is 0 Å². The van der Waals surface area contributed by atoms with Crippen molar-refractivity contribution in [1.82, 2.24) is 14.5 Å². The summed E-state index contributed by atoms with van der Waals surface area (Å²) in [5, 5.41) is 21.9. The second kappa shape index (κ2) is 13.3. The lowest BCUT2D eigenvalue weighted by Crippen LogP contribution is -2.29. The van der Waals surface area contributed by atoms with Crippen LogP contribution in [-0.2, 0) is 10.1 Å². The monoisotopic (exact) mass is 628 g/mol. The number of rotatable bonds is 7. The van der Waals surface area contributed by atoms with Crippen LogP contribution in [0.5, 0.6) is 0 Å². The lowest BCUT2D eigenvalue weighted by Gasteiger charge is -2.18. The lowest BCUT2D eigenvalue weighted by molar-refractivity contribution is 0.203. The fourth-order valence-electron chi connectivity index (χ4n) is 4.24. The first-order chi connectivity index (χ1) is 20.8. The number of nitrogens with one attached hydrogen (secondary N) is 1. The summed E-state index contributed by atoms with van der Waals surface area (Å²) < 4.78 is 73.3. The first kappa shape index (κ1) is 32.3. The predicted octanol–water partition coefficient (Wildman–Crippen LogP) is 4.18. The predicted molar refractivity (Wildman–Crippen MR) is 158 cm³/mol. The van der Waals surface area contributed by atoms with Gasteiger partial charge in [-0.1, -0.05) is 23.8 Å². The Morgan fingerprint density at radius 1 is 0.886 bits per heavy atom. The number of anilines is 1. The normalized spacial score (nSPS) is 11.4. The molecule has 0 aliphatic carbocycles. The highest BCUT2D eigenvalue weighted by Gasteiger charge is 2.21. The number of aryl methyl sites for hydroxylation is 2. The van der Waals surface area contributed by atoms with Gasteiger partial charge in [0.15, 0.2) is 5.65 Å². The molecule has 0 saturated carbocycles. The Kier molecular flexibility index (Phi) is 9.79. The summed E-state index contributed by atoms with van der Waals surface area (Å²) in [6.07, 6.45) is 0. The van der Waals surface area contributed by atoms with Crippen LogP contribution in [0.3, 0.4) is 0 Å². The van der Waals surface area contributed by atoms with Gasteiger partial charge in [0.05, 0.1) is 29.8 Å². The number of aromatic nitrogens is 3. The zero-order valence-electron chi connectivity index (χ0n) is 23.4. The van der Waals surface area contributed by atoms with Crippen LogP contribution in [0, 0.1) is 31.3 Å². The average molecular weight is 629 g/mol. The quantitative estimate of drug-likeness (QED) is 0.194. The van der Waals surface area contributed by atoms with Crippen molar-refractivity contribution in [3.8, 4) is 16.9 Å². The standard InChI is InChI=1S/C23H19F3N4O3.C7H8O3S/c1-12-9-13(24)5-6-15(12)20-16-7-8-19(33)30(21-17(25)3-2-4-18(21)26)22(16)29-23(28-20)27-14(10-31)11-32;1-6-2-4-7(5-3-6)11(8,9)10/h2-9,14,31-32H,10-11H2,1H3,(H,27,28,29);2-5H,1H3,(H,8,9,10). The number of nitrogens with zero attached hydrogens (tertiary/aromatic N) is 3. The van der Waals surface area contributed by atoms with E-state index in [1.54, 1.807) is 19.1 Å². The molecular formula is C30H27F3N4O6S. The first-order valence-corrected chi connectivity index (χ1v) is 14.4. The van der Waals surface area contributed by atoms with Gasteiger partial charge in [-0.3, -0.25) is 13.9 Å². The maximum atomic E-state index is 14.6. The van der Waals surface area contributed by atoms with Crippen LogP contribution in [0.15, 0.2) is 82.5 Å². The summed E-state index contributed by atoms with van der Waals surface area (Å²) in [5.74, 6) is -2.51. The number of fused-ring (bicyclic) bond motifs is 1. The largest absolute Gasteiger partial charge is 0.394 e. The van der Waals surface area contributed by atoms with Gasteiger partial charge in [-0.25, -0.2) is 18.2 Å². The van der Waals surface area contributed by atoms with E-state index in [1.807, 2.05) is 6.92 Å². The number of aliphatic hydroxyl groups excluding tert-OH is 2. The summed E-state index contributed by atoms with van der Waals surface area (Å²) >= 11 is 0. The third-order valence-electron chi connectivity index (χ3n) is 6.45. The van der Waals surface area contributed by atoms with Crippen molar-refractivity contribution in [3.63, 3.8) is 0 Å². The molecule has 5 rings (SSSR count). The molecule has 0 unspecified atom stereocenters. The van der Waals surface area contributed by atoms with Gasteiger partial charge in [0.1, 0.15) is 23.1 Å². The lowest BCUT2D eigenvalue weighted by atomic mass is 10.0. The van der Waals surface area contributed by atoms with Crippen molar-refractivity contribution in [1.29, 1.82) is 0 Å². The minimum absolute atomic E-state index is 0.0666. The van der Waals surface area contributed by atoms with E-state index in [-0.39, 0.29) is 27.6 Å². The molecule has 230 valence electrons. The highest BCUT2D eigenvalue weighted by atomic mass is 32.2. The van der Waals surface area contributed by atoms with Crippen molar-refractivity contribution >= 4 is 27.1 Å². The van der Waals surface area contributed by atoms with Gasteiger partial charge < -0.3 is 15.5 Å². The van der Waals surface area contributed by atoms with Gasteiger partial charge in [-0.2, -0.15) is 13.4 Å². The van der Waals surface area contributed by atoms with Gasteiger partial charge in [-0.05, 0) is 67.9 Å². The first-order valence-electron chi connectivity index (χ1n) is 13.0. The maximum Gasteiger partial charge on any atom is 0.294 e. The minimum atomic E-state index is -4.02. The molecule has 0 atom stereocenters. The van der Waals surface area contributed by atoms with E-state index in [1.165, 1.54) is 42.5 Å². The summed E-state index contributed by atoms with van der Waals surface area (Å²) in [5.41, 5.74) is 0.779. The Morgan fingerprint density at radius 3 is 2.09 bits per heavy atom. The van der Waals surface area contributed by atoms with Gasteiger partial charge in [-0.15, -0.1) is 0 Å². The average Bonchev–Trinajstić information content (AvgIpc) is 2.96. The van der Waals surface area contributed by atoms with Gasteiger partial charge >= 0.3 is 0 Å². The molecule has 0 radical (unpaired) electrons. The van der Waals surface area contributed by atoms with E-state index in [9.17, 15) is 36.6 Å². The summed E-state index contributed by atoms with van der Waals surface area (Å²) in [7, 11) is -4.02. The summed E-state index contributed by atoms with van der Waals surface area (Å²) in [6.45, 7) is 2.60. The molecule has 10 nitrogen and oxygen atoms in total. The van der Waals surface area contributed by atoms with Crippen molar-refractivity contribution < 1.29 is 36.4 Å². The van der Waals surface area contributed by atoms with Crippen molar-refractivity contribution in [2.75, 3.05) is 18.5 Å². The molecule has 4 N–H and O–H groups in total. The summed E-state index contributed by atoms with van der Waals surface area (Å²) in [6, 6.07) is 14.9. The summed E-state index contributed by atoms with van der Waals surface area (Å²) in [4.78, 5) is 21.4.